The summed E-state index contributed by atoms with van der Waals surface area (Å²) in [6.45, 7) is 0. The number of pyridine rings is 1. The maximum atomic E-state index is 9.60. The summed E-state index contributed by atoms with van der Waals surface area (Å²) in [6, 6.07) is 18.0. The van der Waals surface area contributed by atoms with Crippen LogP contribution in [0.2, 0.25) is 0 Å². The van der Waals surface area contributed by atoms with Crippen LogP contribution in [0.5, 0.6) is 5.75 Å². The number of nitrogens with one attached hydrogen (secondary N) is 1. The molecule has 2 unspecified atom stereocenters. The highest BCUT2D eigenvalue weighted by Gasteiger charge is 2.37. The van der Waals surface area contributed by atoms with Crippen LogP contribution in [0.25, 0.3) is 10.8 Å². The Labute approximate surface area is 133 Å². The van der Waals surface area contributed by atoms with Crippen molar-refractivity contribution in [2.75, 3.05) is 0 Å². The summed E-state index contributed by atoms with van der Waals surface area (Å²) < 4.78 is 5.64. The first-order valence-corrected chi connectivity index (χ1v) is 7.37. The van der Waals surface area contributed by atoms with Crippen LogP contribution in [0.3, 0.4) is 0 Å². The van der Waals surface area contributed by atoms with Crippen molar-refractivity contribution in [3.63, 3.8) is 0 Å². The summed E-state index contributed by atoms with van der Waals surface area (Å²) in [6.07, 6.45) is 3.43. The SMILES string of the molecule is N#CC1C(=N)Oc2ccc3ccccc3c2C1c1ccncc1. The van der Waals surface area contributed by atoms with Gasteiger partial charge < -0.3 is 4.74 Å². The minimum atomic E-state index is -0.643. The second-order valence-corrected chi connectivity index (χ2v) is 5.53. The topological polar surface area (TPSA) is 69.8 Å². The van der Waals surface area contributed by atoms with Crippen molar-refractivity contribution in [1.29, 1.82) is 10.7 Å². The van der Waals surface area contributed by atoms with Crippen molar-refractivity contribution in [2.24, 2.45) is 5.92 Å². The molecule has 110 valence electrons. The van der Waals surface area contributed by atoms with E-state index in [1.54, 1.807) is 12.4 Å². The van der Waals surface area contributed by atoms with Crippen molar-refractivity contribution >= 4 is 16.7 Å². The zero-order chi connectivity index (χ0) is 15.8. The Morgan fingerprint density at radius 1 is 1.04 bits per heavy atom. The summed E-state index contributed by atoms with van der Waals surface area (Å²) in [5.41, 5.74) is 1.94. The molecule has 0 amide bonds. The van der Waals surface area contributed by atoms with Crippen LogP contribution in [0.1, 0.15) is 17.0 Å². The molecule has 2 heterocycles. The van der Waals surface area contributed by atoms with Gasteiger partial charge in [-0.2, -0.15) is 5.26 Å². The van der Waals surface area contributed by atoms with Gasteiger partial charge in [0.2, 0.25) is 5.90 Å². The zero-order valence-electron chi connectivity index (χ0n) is 12.2. The minimum absolute atomic E-state index is 0.00269. The quantitative estimate of drug-likeness (QED) is 0.741. The Kier molecular flexibility index (Phi) is 3.06. The Balaban J connectivity index is 2.06. The number of hydrogen-bond acceptors (Lipinski definition) is 4. The van der Waals surface area contributed by atoms with Crippen LogP contribution in [0.15, 0.2) is 60.9 Å². The van der Waals surface area contributed by atoms with E-state index in [0.29, 0.717) is 5.75 Å². The third-order valence-corrected chi connectivity index (χ3v) is 4.28. The molecule has 2 aromatic carbocycles. The summed E-state index contributed by atoms with van der Waals surface area (Å²) in [5.74, 6) is -0.222. The molecule has 0 bridgehead atoms. The van der Waals surface area contributed by atoms with Gasteiger partial charge in [-0.25, -0.2) is 0 Å². The summed E-state index contributed by atoms with van der Waals surface area (Å²) >= 11 is 0. The Morgan fingerprint density at radius 3 is 2.61 bits per heavy atom. The number of benzene rings is 2. The van der Waals surface area contributed by atoms with E-state index in [-0.39, 0.29) is 11.8 Å². The average molecular weight is 299 g/mol. The van der Waals surface area contributed by atoms with Gasteiger partial charge in [-0.1, -0.05) is 30.3 Å². The van der Waals surface area contributed by atoms with Crippen LogP contribution in [0.4, 0.5) is 0 Å². The number of ether oxygens (including phenoxy) is 1. The van der Waals surface area contributed by atoms with Gasteiger partial charge in [-0.05, 0) is 34.5 Å². The molecule has 4 heteroatoms. The molecule has 23 heavy (non-hydrogen) atoms. The Bertz CT molecular complexity index is 944. The van der Waals surface area contributed by atoms with E-state index in [0.717, 1.165) is 21.9 Å². The predicted molar refractivity (Wildman–Crippen MR) is 87.5 cm³/mol. The van der Waals surface area contributed by atoms with E-state index >= 15 is 0 Å². The molecular weight excluding hydrogens is 286 g/mol. The average Bonchev–Trinajstić information content (AvgIpc) is 2.61. The van der Waals surface area contributed by atoms with Crippen LogP contribution in [0, 0.1) is 22.7 Å². The van der Waals surface area contributed by atoms with Crippen molar-refractivity contribution in [1.82, 2.24) is 4.98 Å². The normalized spacial score (nSPS) is 19.7. The molecule has 1 aromatic heterocycles. The van der Waals surface area contributed by atoms with Crippen molar-refractivity contribution in [3.05, 3.63) is 72.1 Å². The standard InChI is InChI=1S/C19H13N3O/c20-11-15-17(13-7-9-22-10-8-13)18-14-4-2-1-3-12(14)5-6-16(18)23-19(15)21/h1-10,15,17,21H. The Hall–Kier alpha value is -3.19. The lowest BCUT2D eigenvalue weighted by Crippen LogP contribution is -2.31. The molecule has 1 aliphatic heterocycles. The maximum absolute atomic E-state index is 9.60. The molecule has 2 atom stereocenters. The monoisotopic (exact) mass is 299 g/mol. The number of hydrogen-bond donors (Lipinski definition) is 1. The van der Waals surface area contributed by atoms with Gasteiger partial charge in [-0.3, -0.25) is 10.4 Å². The van der Waals surface area contributed by atoms with Crippen LogP contribution in [-0.4, -0.2) is 10.9 Å². The molecule has 0 radical (unpaired) electrons. The van der Waals surface area contributed by atoms with Crippen LogP contribution < -0.4 is 4.74 Å². The number of rotatable bonds is 1. The van der Waals surface area contributed by atoms with Gasteiger partial charge in [0, 0.05) is 23.9 Å². The minimum Gasteiger partial charge on any atom is -0.442 e. The number of nitrogens with zero attached hydrogens (tertiary/aromatic N) is 2. The van der Waals surface area contributed by atoms with Gasteiger partial charge in [0.25, 0.3) is 0 Å². The number of fused-ring (bicyclic) bond motifs is 3. The van der Waals surface area contributed by atoms with Gasteiger partial charge in [0.05, 0.1) is 6.07 Å². The van der Waals surface area contributed by atoms with E-state index in [4.69, 9.17) is 10.1 Å². The van der Waals surface area contributed by atoms with E-state index in [1.807, 2.05) is 48.5 Å². The summed E-state index contributed by atoms with van der Waals surface area (Å²) in [4.78, 5) is 4.06. The van der Waals surface area contributed by atoms with E-state index in [1.165, 1.54) is 0 Å². The third kappa shape index (κ3) is 2.06. The first-order valence-electron chi connectivity index (χ1n) is 7.37. The summed E-state index contributed by atoms with van der Waals surface area (Å²) in [5, 5.41) is 19.9. The van der Waals surface area contributed by atoms with Crippen molar-refractivity contribution < 1.29 is 4.74 Å². The fourth-order valence-electron chi connectivity index (χ4n) is 3.25. The molecular formula is C19H13N3O. The fraction of sp³-hybridized carbons (Fsp3) is 0.105. The third-order valence-electron chi connectivity index (χ3n) is 4.28. The smallest absolute Gasteiger partial charge is 0.205 e. The zero-order valence-corrected chi connectivity index (χ0v) is 12.2. The highest BCUT2D eigenvalue weighted by Crippen LogP contribution is 2.45. The first kappa shape index (κ1) is 13.5. The van der Waals surface area contributed by atoms with E-state index in [2.05, 4.69) is 11.1 Å². The molecule has 1 aliphatic rings. The van der Waals surface area contributed by atoms with Crippen LogP contribution in [-0.2, 0) is 0 Å². The van der Waals surface area contributed by atoms with Gasteiger partial charge >= 0.3 is 0 Å². The number of aromatic nitrogens is 1. The molecule has 0 fully saturated rings. The highest BCUT2D eigenvalue weighted by molar-refractivity contribution is 5.94. The molecule has 3 aromatic rings. The van der Waals surface area contributed by atoms with E-state index in [9.17, 15) is 5.26 Å². The first-order chi connectivity index (χ1) is 11.3. The van der Waals surface area contributed by atoms with Gasteiger partial charge in [0.15, 0.2) is 0 Å². The second-order valence-electron chi connectivity index (χ2n) is 5.53. The molecule has 4 nitrogen and oxygen atoms in total. The van der Waals surface area contributed by atoms with Gasteiger partial charge in [0.1, 0.15) is 11.7 Å². The molecule has 0 saturated heterocycles. The number of nitriles is 1. The second kappa shape index (κ2) is 5.22. The van der Waals surface area contributed by atoms with Crippen LogP contribution >= 0.6 is 0 Å². The van der Waals surface area contributed by atoms with Gasteiger partial charge in [-0.15, -0.1) is 0 Å². The van der Waals surface area contributed by atoms with Crippen molar-refractivity contribution in [3.8, 4) is 11.8 Å². The molecule has 0 spiro atoms. The largest absolute Gasteiger partial charge is 0.442 e. The Morgan fingerprint density at radius 2 is 1.83 bits per heavy atom. The lowest BCUT2D eigenvalue weighted by molar-refractivity contribution is 0.453. The molecule has 0 saturated carbocycles. The lowest BCUT2D eigenvalue weighted by atomic mass is 9.77. The molecule has 4 rings (SSSR count). The predicted octanol–water partition coefficient (Wildman–Crippen LogP) is 3.88. The molecule has 1 N–H and O–H groups in total. The fourth-order valence-corrected chi connectivity index (χ4v) is 3.25. The maximum Gasteiger partial charge on any atom is 0.205 e. The summed E-state index contributed by atoms with van der Waals surface area (Å²) in [7, 11) is 0. The van der Waals surface area contributed by atoms with Crippen molar-refractivity contribution in [2.45, 2.75) is 5.92 Å². The highest BCUT2D eigenvalue weighted by atomic mass is 16.5. The lowest BCUT2D eigenvalue weighted by Gasteiger charge is -2.31. The van der Waals surface area contributed by atoms with E-state index < -0.39 is 5.92 Å². The molecule has 0 aliphatic carbocycles.